The van der Waals surface area contributed by atoms with Gasteiger partial charge in [-0.1, -0.05) is 13.8 Å². The van der Waals surface area contributed by atoms with Gasteiger partial charge in [-0.3, -0.25) is 0 Å². The maximum atomic E-state index is 11.5. The van der Waals surface area contributed by atoms with Crippen molar-refractivity contribution in [1.82, 2.24) is 0 Å². The Morgan fingerprint density at radius 3 is 2.53 bits per heavy atom. The first kappa shape index (κ1) is 11.7. The highest BCUT2D eigenvalue weighted by Crippen LogP contribution is 2.03. The summed E-state index contributed by atoms with van der Waals surface area (Å²) in [5, 5.41) is 11.5. The van der Waals surface area contributed by atoms with Gasteiger partial charge in [0.1, 0.15) is 20.5 Å². The lowest BCUT2D eigenvalue weighted by Gasteiger charge is -2.08. The second kappa shape index (κ2) is 4.91. The van der Waals surface area contributed by atoms with Gasteiger partial charge in [0.15, 0.2) is 11.9 Å². The molecular weight excluding hydrogens is 188 g/mol. The highest BCUT2D eigenvalue weighted by molar-refractivity contribution is 5.83. The molecule has 1 aromatic heterocycles. The van der Waals surface area contributed by atoms with Gasteiger partial charge >= 0.3 is 0 Å². The third kappa shape index (κ3) is 3.05. The Hall–Kier alpha value is -1.38. The molecule has 0 aliphatic heterocycles. The van der Waals surface area contributed by atoms with Crippen molar-refractivity contribution in [1.29, 1.82) is 0 Å². The van der Waals surface area contributed by atoms with Crippen LogP contribution >= 0.6 is 0 Å². The van der Waals surface area contributed by atoms with E-state index in [1.54, 1.807) is 12.3 Å². The van der Waals surface area contributed by atoms with Gasteiger partial charge in [-0.05, 0) is 6.07 Å². The molecule has 82 valence electrons. The fraction of sp³-hybridized carbons (Fsp3) is 0.500. The van der Waals surface area contributed by atoms with Crippen LogP contribution in [-0.4, -0.2) is 24.4 Å². The predicted molar refractivity (Wildman–Crippen MR) is 61.1 cm³/mol. The highest BCUT2D eigenvalue weighted by atomic mass is 16.5. The third-order valence-corrected chi connectivity index (χ3v) is 2.51. The van der Waals surface area contributed by atoms with Crippen molar-refractivity contribution in [2.24, 2.45) is 5.92 Å². The van der Waals surface area contributed by atoms with Crippen LogP contribution in [0.3, 0.4) is 0 Å². The zero-order valence-corrected chi connectivity index (χ0v) is 9.90. The van der Waals surface area contributed by atoms with Gasteiger partial charge in [0.05, 0.1) is 0 Å². The standard InChI is InChI=1S/C12H19N2O/c1-10(2)12(13(3)4)9-11-7-5-6-8-14(11)15/h5-8,10H,9H2,1-4H3/q+1. The molecule has 0 radical (unpaired) electrons. The molecule has 3 nitrogen and oxygen atoms in total. The molecule has 0 bridgehead atoms. The quantitative estimate of drug-likeness (QED) is 0.416. The number of hydrogen-bond acceptors (Lipinski definition) is 1. The first-order valence-corrected chi connectivity index (χ1v) is 5.22. The summed E-state index contributed by atoms with van der Waals surface area (Å²) in [4.78, 5) is 0. The van der Waals surface area contributed by atoms with Gasteiger partial charge in [0, 0.05) is 18.1 Å². The molecule has 0 fully saturated rings. The van der Waals surface area contributed by atoms with Gasteiger partial charge < -0.3 is 5.21 Å². The SMILES string of the molecule is CC(C)C(Cc1cccc[n+]1[O-])=[N+](C)C. The Morgan fingerprint density at radius 1 is 1.40 bits per heavy atom. The molecule has 0 aliphatic rings. The molecule has 0 aliphatic carbocycles. The fourth-order valence-electron chi connectivity index (χ4n) is 1.66. The first-order valence-electron chi connectivity index (χ1n) is 5.22. The van der Waals surface area contributed by atoms with E-state index in [1.165, 1.54) is 5.71 Å². The average Bonchev–Trinajstić information content (AvgIpc) is 2.15. The number of aromatic nitrogens is 1. The summed E-state index contributed by atoms with van der Waals surface area (Å²) in [6, 6.07) is 5.53. The second-order valence-electron chi connectivity index (χ2n) is 4.24. The van der Waals surface area contributed by atoms with Crippen molar-refractivity contribution >= 4 is 5.71 Å². The average molecular weight is 207 g/mol. The molecule has 0 saturated carbocycles. The fourth-order valence-corrected chi connectivity index (χ4v) is 1.66. The van der Waals surface area contributed by atoms with Crippen molar-refractivity contribution in [3.8, 4) is 0 Å². The first-order chi connectivity index (χ1) is 7.02. The lowest BCUT2D eigenvalue weighted by molar-refractivity contribution is -0.613. The highest BCUT2D eigenvalue weighted by Gasteiger charge is 2.18. The topological polar surface area (TPSA) is 29.9 Å². The molecule has 0 spiro atoms. The van der Waals surface area contributed by atoms with Gasteiger partial charge in [-0.25, -0.2) is 4.58 Å². The van der Waals surface area contributed by atoms with E-state index in [4.69, 9.17) is 0 Å². The predicted octanol–water partition coefficient (Wildman–Crippen LogP) is 1.23. The number of pyridine rings is 1. The zero-order valence-electron chi connectivity index (χ0n) is 9.90. The summed E-state index contributed by atoms with van der Waals surface area (Å²) in [6.45, 7) is 4.29. The van der Waals surface area contributed by atoms with E-state index in [0.29, 0.717) is 5.92 Å². The maximum Gasteiger partial charge on any atom is 0.202 e. The van der Waals surface area contributed by atoms with Gasteiger partial charge in [-0.15, -0.1) is 0 Å². The van der Waals surface area contributed by atoms with Crippen molar-refractivity contribution in [2.45, 2.75) is 20.3 Å². The zero-order chi connectivity index (χ0) is 11.4. The Balaban J connectivity index is 2.95. The largest absolute Gasteiger partial charge is 0.618 e. The summed E-state index contributed by atoms with van der Waals surface area (Å²) >= 11 is 0. The molecule has 0 amide bonds. The van der Waals surface area contributed by atoms with Crippen LogP contribution in [0, 0.1) is 11.1 Å². The molecule has 0 N–H and O–H groups in total. The summed E-state index contributed by atoms with van der Waals surface area (Å²) in [5.41, 5.74) is 2.07. The maximum absolute atomic E-state index is 11.5. The Morgan fingerprint density at radius 2 is 2.07 bits per heavy atom. The van der Waals surface area contributed by atoms with Gasteiger partial charge in [0.25, 0.3) is 0 Å². The molecule has 0 aromatic carbocycles. The minimum atomic E-state index is 0.459. The van der Waals surface area contributed by atoms with Crippen LogP contribution in [0.1, 0.15) is 19.5 Å². The van der Waals surface area contributed by atoms with Crippen LogP contribution < -0.4 is 4.73 Å². The number of hydrogen-bond donors (Lipinski definition) is 0. The minimum Gasteiger partial charge on any atom is -0.618 e. The van der Waals surface area contributed by atoms with Crippen molar-refractivity contribution in [2.75, 3.05) is 14.1 Å². The number of nitrogens with zero attached hydrogens (tertiary/aromatic N) is 2. The van der Waals surface area contributed by atoms with Crippen LogP contribution in [0.4, 0.5) is 0 Å². The normalized spacial score (nSPS) is 10.5. The molecule has 3 heteroatoms. The van der Waals surface area contributed by atoms with E-state index in [1.807, 2.05) is 26.2 Å². The Kier molecular flexibility index (Phi) is 3.83. The van der Waals surface area contributed by atoms with E-state index in [0.717, 1.165) is 16.8 Å². The van der Waals surface area contributed by atoms with Crippen molar-refractivity contribution in [3.63, 3.8) is 0 Å². The molecule has 1 heterocycles. The van der Waals surface area contributed by atoms with E-state index in [-0.39, 0.29) is 0 Å². The summed E-state index contributed by atoms with van der Waals surface area (Å²) in [7, 11) is 4.04. The molecule has 1 rings (SSSR count). The lowest BCUT2D eigenvalue weighted by Crippen LogP contribution is -2.34. The molecule has 15 heavy (non-hydrogen) atoms. The Labute approximate surface area is 91.3 Å². The van der Waals surface area contributed by atoms with E-state index >= 15 is 0 Å². The lowest BCUT2D eigenvalue weighted by atomic mass is 10.0. The molecule has 0 atom stereocenters. The van der Waals surface area contributed by atoms with E-state index < -0.39 is 0 Å². The van der Waals surface area contributed by atoms with Gasteiger partial charge in [-0.2, -0.15) is 4.73 Å². The van der Waals surface area contributed by atoms with Crippen LogP contribution in [0.2, 0.25) is 0 Å². The van der Waals surface area contributed by atoms with E-state index in [2.05, 4.69) is 18.4 Å². The number of rotatable bonds is 3. The smallest absolute Gasteiger partial charge is 0.202 e. The second-order valence-corrected chi connectivity index (χ2v) is 4.24. The van der Waals surface area contributed by atoms with Crippen molar-refractivity contribution < 1.29 is 9.31 Å². The monoisotopic (exact) mass is 207 g/mol. The van der Waals surface area contributed by atoms with Gasteiger partial charge in [0.2, 0.25) is 5.69 Å². The third-order valence-electron chi connectivity index (χ3n) is 2.51. The van der Waals surface area contributed by atoms with Crippen molar-refractivity contribution in [3.05, 3.63) is 35.3 Å². The van der Waals surface area contributed by atoms with E-state index in [9.17, 15) is 5.21 Å². The van der Waals surface area contributed by atoms with Crippen LogP contribution in [0.25, 0.3) is 0 Å². The van der Waals surface area contributed by atoms with Crippen LogP contribution in [-0.2, 0) is 6.42 Å². The summed E-state index contributed by atoms with van der Waals surface area (Å²) in [6.07, 6.45) is 2.26. The molecule has 1 aromatic rings. The molecule has 0 saturated heterocycles. The van der Waals surface area contributed by atoms with Crippen LogP contribution in [0.5, 0.6) is 0 Å². The summed E-state index contributed by atoms with van der Waals surface area (Å²) in [5.74, 6) is 0.459. The minimum absolute atomic E-state index is 0.459. The molecule has 0 unspecified atom stereocenters. The Bertz CT molecular complexity index is 366. The summed E-state index contributed by atoms with van der Waals surface area (Å²) < 4.78 is 3.03. The molecular formula is C12H19N2O+. The van der Waals surface area contributed by atoms with Crippen LogP contribution in [0.15, 0.2) is 24.4 Å².